The SMILES string of the molecule is Cc1nc(-c2cccc(NC(=O)C3CC(C)NN3)c2)oc1C. The number of rotatable bonds is 3. The van der Waals surface area contributed by atoms with Gasteiger partial charge in [0.2, 0.25) is 11.8 Å². The average molecular weight is 300 g/mol. The minimum atomic E-state index is -0.218. The maximum atomic E-state index is 12.2. The van der Waals surface area contributed by atoms with Gasteiger partial charge in [0.1, 0.15) is 11.8 Å². The van der Waals surface area contributed by atoms with Crippen molar-refractivity contribution in [1.29, 1.82) is 0 Å². The zero-order valence-electron chi connectivity index (χ0n) is 12.9. The highest BCUT2D eigenvalue weighted by molar-refractivity contribution is 5.95. The second-order valence-corrected chi connectivity index (χ2v) is 5.71. The van der Waals surface area contributed by atoms with E-state index >= 15 is 0 Å². The van der Waals surface area contributed by atoms with Gasteiger partial charge in [0.05, 0.1) is 5.69 Å². The van der Waals surface area contributed by atoms with Crippen LogP contribution in [-0.4, -0.2) is 23.0 Å². The van der Waals surface area contributed by atoms with E-state index in [1.54, 1.807) is 0 Å². The first-order valence-corrected chi connectivity index (χ1v) is 7.39. The topological polar surface area (TPSA) is 79.2 Å². The predicted octanol–water partition coefficient (Wildman–Crippen LogP) is 2.15. The zero-order chi connectivity index (χ0) is 15.7. The maximum Gasteiger partial charge on any atom is 0.242 e. The summed E-state index contributed by atoms with van der Waals surface area (Å²) < 4.78 is 5.63. The number of anilines is 1. The molecule has 0 aliphatic carbocycles. The van der Waals surface area contributed by atoms with Crippen molar-refractivity contribution in [3.8, 4) is 11.5 Å². The summed E-state index contributed by atoms with van der Waals surface area (Å²) in [5.41, 5.74) is 8.49. The lowest BCUT2D eigenvalue weighted by atomic mass is 10.1. The van der Waals surface area contributed by atoms with E-state index in [1.807, 2.05) is 45.0 Å². The lowest BCUT2D eigenvalue weighted by molar-refractivity contribution is -0.117. The number of hydrogen-bond acceptors (Lipinski definition) is 5. The number of oxazole rings is 1. The molecule has 1 fully saturated rings. The van der Waals surface area contributed by atoms with Gasteiger partial charge in [-0.2, -0.15) is 0 Å². The Morgan fingerprint density at radius 2 is 2.18 bits per heavy atom. The monoisotopic (exact) mass is 300 g/mol. The van der Waals surface area contributed by atoms with Gasteiger partial charge in [-0.15, -0.1) is 0 Å². The van der Waals surface area contributed by atoms with E-state index in [2.05, 4.69) is 21.2 Å². The normalized spacial score (nSPS) is 21.0. The van der Waals surface area contributed by atoms with Crippen LogP contribution in [0, 0.1) is 13.8 Å². The maximum absolute atomic E-state index is 12.2. The Kier molecular flexibility index (Phi) is 3.96. The molecule has 116 valence electrons. The van der Waals surface area contributed by atoms with E-state index in [4.69, 9.17) is 4.42 Å². The molecule has 3 N–H and O–H groups in total. The summed E-state index contributed by atoms with van der Waals surface area (Å²) >= 11 is 0. The highest BCUT2D eigenvalue weighted by atomic mass is 16.4. The highest BCUT2D eigenvalue weighted by Gasteiger charge is 2.26. The molecule has 6 heteroatoms. The number of carbonyl (C=O) groups excluding carboxylic acids is 1. The van der Waals surface area contributed by atoms with Crippen LogP contribution in [0.25, 0.3) is 11.5 Å². The Morgan fingerprint density at radius 3 is 2.82 bits per heavy atom. The summed E-state index contributed by atoms with van der Waals surface area (Å²) in [5.74, 6) is 1.33. The van der Waals surface area contributed by atoms with Crippen LogP contribution in [0.4, 0.5) is 5.69 Å². The van der Waals surface area contributed by atoms with Gasteiger partial charge >= 0.3 is 0 Å². The van der Waals surface area contributed by atoms with E-state index < -0.39 is 0 Å². The largest absolute Gasteiger partial charge is 0.441 e. The number of nitrogens with zero attached hydrogens (tertiary/aromatic N) is 1. The first kappa shape index (κ1) is 14.7. The molecule has 2 aromatic rings. The van der Waals surface area contributed by atoms with Crippen molar-refractivity contribution in [2.45, 2.75) is 39.3 Å². The second-order valence-electron chi connectivity index (χ2n) is 5.71. The molecule has 0 saturated carbocycles. The molecular formula is C16H20N4O2. The van der Waals surface area contributed by atoms with Crippen LogP contribution in [0.1, 0.15) is 24.8 Å². The molecule has 1 amide bonds. The molecule has 1 aliphatic rings. The van der Waals surface area contributed by atoms with Crippen molar-refractivity contribution >= 4 is 11.6 Å². The summed E-state index contributed by atoms with van der Waals surface area (Å²) in [7, 11) is 0. The second kappa shape index (κ2) is 5.90. The van der Waals surface area contributed by atoms with Crippen molar-refractivity contribution in [3.05, 3.63) is 35.7 Å². The standard InChI is InChI=1S/C16H20N4O2/c1-9-7-14(20-19-9)15(21)18-13-6-4-5-12(8-13)16-17-10(2)11(3)22-16/h4-6,8-9,14,19-20H,7H2,1-3H3,(H,18,21). The summed E-state index contributed by atoms with van der Waals surface area (Å²) in [6, 6.07) is 7.59. The Morgan fingerprint density at radius 1 is 1.36 bits per heavy atom. The first-order chi connectivity index (χ1) is 10.5. The van der Waals surface area contributed by atoms with Gasteiger partial charge in [0.25, 0.3) is 0 Å². The molecule has 1 saturated heterocycles. The third-order valence-corrected chi connectivity index (χ3v) is 3.82. The molecule has 6 nitrogen and oxygen atoms in total. The van der Waals surface area contributed by atoms with Crippen molar-refractivity contribution in [3.63, 3.8) is 0 Å². The van der Waals surface area contributed by atoms with Gasteiger partial charge in [-0.3, -0.25) is 10.2 Å². The van der Waals surface area contributed by atoms with E-state index in [-0.39, 0.29) is 11.9 Å². The molecule has 0 radical (unpaired) electrons. The van der Waals surface area contributed by atoms with Crippen molar-refractivity contribution in [2.75, 3.05) is 5.32 Å². The van der Waals surface area contributed by atoms with Crippen molar-refractivity contribution < 1.29 is 9.21 Å². The van der Waals surface area contributed by atoms with Crippen LogP contribution >= 0.6 is 0 Å². The molecule has 1 aliphatic heterocycles. The number of aromatic nitrogens is 1. The number of hydrogen-bond donors (Lipinski definition) is 3. The molecule has 2 heterocycles. The van der Waals surface area contributed by atoms with E-state index in [9.17, 15) is 4.79 Å². The minimum Gasteiger partial charge on any atom is -0.441 e. The predicted molar refractivity (Wildman–Crippen MR) is 84.2 cm³/mol. The van der Waals surface area contributed by atoms with Crippen molar-refractivity contribution in [1.82, 2.24) is 15.8 Å². The number of nitrogens with one attached hydrogen (secondary N) is 3. The number of benzene rings is 1. The highest BCUT2D eigenvalue weighted by Crippen LogP contribution is 2.24. The minimum absolute atomic E-state index is 0.0474. The fourth-order valence-corrected chi connectivity index (χ4v) is 2.44. The fraction of sp³-hybridized carbons (Fsp3) is 0.375. The molecule has 0 spiro atoms. The third-order valence-electron chi connectivity index (χ3n) is 3.82. The molecule has 1 aromatic heterocycles. The Bertz CT molecular complexity index is 676. The average Bonchev–Trinajstić information content (AvgIpc) is 3.06. The third kappa shape index (κ3) is 3.03. The summed E-state index contributed by atoms with van der Waals surface area (Å²) in [4.78, 5) is 16.6. The molecule has 22 heavy (non-hydrogen) atoms. The Balaban J connectivity index is 1.75. The zero-order valence-corrected chi connectivity index (χ0v) is 12.9. The molecule has 2 unspecified atom stereocenters. The number of amides is 1. The lowest BCUT2D eigenvalue weighted by Gasteiger charge is -2.11. The molecule has 1 aromatic carbocycles. The van der Waals surface area contributed by atoms with Crippen LogP contribution in [0.15, 0.2) is 28.7 Å². The van der Waals surface area contributed by atoms with Crippen LogP contribution in [0.2, 0.25) is 0 Å². The number of aryl methyl sites for hydroxylation is 2. The molecule has 2 atom stereocenters. The summed E-state index contributed by atoms with van der Waals surface area (Å²) in [6.45, 7) is 5.83. The van der Waals surface area contributed by atoms with E-state index in [1.165, 1.54) is 0 Å². The van der Waals surface area contributed by atoms with Gasteiger partial charge in [-0.1, -0.05) is 6.07 Å². The van der Waals surface area contributed by atoms with Gasteiger partial charge in [0, 0.05) is 17.3 Å². The van der Waals surface area contributed by atoms with Gasteiger partial charge in [-0.25, -0.2) is 10.4 Å². The van der Waals surface area contributed by atoms with Gasteiger partial charge in [-0.05, 0) is 45.4 Å². The van der Waals surface area contributed by atoms with Gasteiger partial charge in [0.15, 0.2) is 0 Å². The van der Waals surface area contributed by atoms with Crippen LogP contribution in [0.3, 0.4) is 0 Å². The quantitative estimate of drug-likeness (QED) is 0.809. The number of carbonyl (C=O) groups is 1. The molecule has 0 bridgehead atoms. The van der Waals surface area contributed by atoms with Crippen LogP contribution in [0.5, 0.6) is 0 Å². The van der Waals surface area contributed by atoms with Crippen molar-refractivity contribution in [2.24, 2.45) is 0 Å². The molecule has 3 rings (SSSR count). The Labute approximate surface area is 129 Å². The van der Waals surface area contributed by atoms with Crippen LogP contribution in [-0.2, 0) is 4.79 Å². The smallest absolute Gasteiger partial charge is 0.242 e. The van der Waals surface area contributed by atoms with Crippen LogP contribution < -0.4 is 16.2 Å². The van der Waals surface area contributed by atoms with E-state index in [0.717, 1.165) is 29.1 Å². The van der Waals surface area contributed by atoms with Gasteiger partial charge < -0.3 is 9.73 Å². The van der Waals surface area contributed by atoms with E-state index in [0.29, 0.717) is 11.9 Å². The Hall–Kier alpha value is -2.18. The fourth-order valence-electron chi connectivity index (χ4n) is 2.44. The summed E-state index contributed by atoms with van der Waals surface area (Å²) in [5, 5.41) is 2.93. The number of hydrazine groups is 1. The lowest BCUT2D eigenvalue weighted by Crippen LogP contribution is -2.39. The first-order valence-electron chi connectivity index (χ1n) is 7.39. The summed E-state index contributed by atoms with van der Waals surface area (Å²) in [6.07, 6.45) is 0.768. The molecular weight excluding hydrogens is 280 g/mol.